The standard InChI is InChI=1S/C14H22N2/c1-3-12-6-7-14(9-12)16-11(2)13-5-4-8-15-10-13/h4-5,8,10-12,14,16H,3,6-7,9H2,1-2H3/t11-,12?,14?/m1/s1. The fourth-order valence-electron chi connectivity index (χ4n) is 2.68. The van der Waals surface area contributed by atoms with Crippen molar-refractivity contribution in [2.45, 2.75) is 51.6 Å². The van der Waals surface area contributed by atoms with Gasteiger partial charge in [0, 0.05) is 24.5 Å². The summed E-state index contributed by atoms with van der Waals surface area (Å²) in [6.45, 7) is 4.54. The highest BCUT2D eigenvalue weighted by Gasteiger charge is 2.24. The minimum absolute atomic E-state index is 0.425. The molecular formula is C14H22N2. The average Bonchev–Trinajstić information content (AvgIpc) is 2.78. The highest BCUT2D eigenvalue weighted by molar-refractivity contribution is 5.13. The molecule has 1 fully saturated rings. The van der Waals surface area contributed by atoms with Gasteiger partial charge in [0.2, 0.25) is 0 Å². The predicted octanol–water partition coefficient (Wildman–Crippen LogP) is 3.31. The van der Waals surface area contributed by atoms with E-state index in [4.69, 9.17) is 0 Å². The lowest BCUT2D eigenvalue weighted by Crippen LogP contribution is -2.29. The zero-order valence-electron chi connectivity index (χ0n) is 10.3. The summed E-state index contributed by atoms with van der Waals surface area (Å²) in [7, 11) is 0. The summed E-state index contributed by atoms with van der Waals surface area (Å²) in [5, 5.41) is 3.72. The number of nitrogens with zero attached hydrogens (tertiary/aromatic N) is 1. The maximum Gasteiger partial charge on any atom is 0.0315 e. The van der Waals surface area contributed by atoms with E-state index in [1.54, 1.807) is 0 Å². The van der Waals surface area contributed by atoms with E-state index in [9.17, 15) is 0 Å². The summed E-state index contributed by atoms with van der Waals surface area (Å²) >= 11 is 0. The van der Waals surface area contributed by atoms with Crippen LogP contribution in [0.25, 0.3) is 0 Å². The van der Waals surface area contributed by atoms with Crippen LogP contribution in [0.5, 0.6) is 0 Å². The molecule has 1 N–H and O–H groups in total. The SMILES string of the molecule is CCC1CCC(N[C@H](C)c2cccnc2)C1. The number of aromatic nitrogens is 1. The molecule has 1 aliphatic carbocycles. The number of rotatable bonds is 4. The molecule has 1 heterocycles. The summed E-state index contributed by atoms with van der Waals surface area (Å²) in [5.41, 5.74) is 1.29. The Morgan fingerprint density at radius 3 is 3.00 bits per heavy atom. The van der Waals surface area contributed by atoms with Crippen molar-refractivity contribution >= 4 is 0 Å². The van der Waals surface area contributed by atoms with Crippen LogP contribution in [0, 0.1) is 5.92 Å². The Hall–Kier alpha value is -0.890. The molecule has 0 radical (unpaired) electrons. The largest absolute Gasteiger partial charge is 0.307 e. The first-order valence-corrected chi connectivity index (χ1v) is 6.45. The van der Waals surface area contributed by atoms with E-state index in [1.165, 1.54) is 31.2 Å². The Kier molecular flexibility index (Phi) is 3.94. The molecule has 1 aliphatic rings. The van der Waals surface area contributed by atoms with Gasteiger partial charge < -0.3 is 5.32 Å². The lowest BCUT2D eigenvalue weighted by Gasteiger charge is -2.19. The second kappa shape index (κ2) is 5.44. The van der Waals surface area contributed by atoms with Crippen LogP contribution in [0.1, 0.15) is 51.1 Å². The van der Waals surface area contributed by atoms with Crippen molar-refractivity contribution in [1.29, 1.82) is 0 Å². The van der Waals surface area contributed by atoms with E-state index in [-0.39, 0.29) is 0 Å². The monoisotopic (exact) mass is 218 g/mol. The predicted molar refractivity (Wildman–Crippen MR) is 67.2 cm³/mol. The molecule has 0 bridgehead atoms. The molecule has 16 heavy (non-hydrogen) atoms. The summed E-state index contributed by atoms with van der Waals surface area (Å²) in [4.78, 5) is 4.17. The molecule has 2 heteroatoms. The molecule has 88 valence electrons. The average molecular weight is 218 g/mol. The van der Waals surface area contributed by atoms with Gasteiger partial charge in [-0.3, -0.25) is 4.98 Å². The van der Waals surface area contributed by atoms with E-state index in [2.05, 4.69) is 30.2 Å². The zero-order valence-corrected chi connectivity index (χ0v) is 10.3. The molecule has 3 atom stereocenters. The first-order chi connectivity index (χ1) is 7.79. The lowest BCUT2D eigenvalue weighted by molar-refractivity contribution is 0.437. The van der Waals surface area contributed by atoms with Crippen molar-refractivity contribution in [2.24, 2.45) is 5.92 Å². The minimum atomic E-state index is 0.425. The van der Waals surface area contributed by atoms with Crippen molar-refractivity contribution in [1.82, 2.24) is 10.3 Å². The normalized spacial score (nSPS) is 26.9. The summed E-state index contributed by atoms with van der Waals surface area (Å²) in [5.74, 6) is 0.943. The maximum absolute atomic E-state index is 4.17. The van der Waals surface area contributed by atoms with Gasteiger partial charge in [-0.2, -0.15) is 0 Å². The summed E-state index contributed by atoms with van der Waals surface area (Å²) in [6, 6.07) is 5.29. The van der Waals surface area contributed by atoms with Gasteiger partial charge in [-0.15, -0.1) is 0 Å². The number of hydrogen-bond donors (Lipinski definition) is 1. The topological polar surface area (TPSA) is 24.9 Å². The van der Waals surface area contributed by atoms with Gasteiger partial charge in [-0.05, 0) is 43.7 Å². The van der Waals surface area contributed by atoms with Crippen LogP contribution in [0.4, 0.5) is 0 Å². The zero-order chi connectivity index (χ0) is 11.4. The van der Waals surface area contributed by atoms with Crippen molar-refractivity contribution in [3.05, 3.63) is 30.1 Å². The third-order valence-electron chi connectivity index (χ3n) is 3.79. The quantitative estimate of drug-likeness (QED) is 0.838. The molecule has 1 aromatic heterocycles. The highest BCUT2D eigenvalue weighted by Crippen LogP contribution is 2.29. The molecular weight excluding hydrogens is 196 g/mol. The fourth-order valence-corrected chi connectivity index (χ4v) is 2.68. The first kappa shape index (κ1) is 11.6. The van der Waals surface area contributed by atoms with Gasteiger partial charge >= 0.3 is 0 Å². The molecule has 2 unspecified atom stereocenters. The molecule has 0 aromatic carbocycles. The summed E-state index contributed by atoms with van der Waals surface area (Å²) in [6.07, 6.45) is 9.21. The molecule has 1 saturated carbocycles. The van der Waals surface area contributed by atoms with Gasteiger partial charge in [0.1, 0.15) is 0 Å². The van der Waals surface area contributed by atoms with E-state index in [1.807, 2.05) is 18.5 Å². The van der Waals surface area contributed by atoms with Crippen LogP contribution in [-0.2, 0) is 0 Å². The third kappa shape index (κ3) is 2.82. The van der Waals surface area contributed by atoms with Crippen LogP contribution < -0.4 is 5.32 Å². The highest BCUT2D eigenvalue weighted by atomic mass is 15.0. The lowest BCUT2D eigenvalue weighted by atomic mass is 10.0. The second-order valence-corrected chi connectivity index (χ2v) is 4.96. The van der Waals surface area contributed by atoms with Gasteiger partial charge in [-0.1, -0.05) is 19.4 Å². The van der Waals surface area contributed by atoms with Gasteiger partial charge in [0.05, 0.1) is 0 Å². The molecule has 0 saturated heterocycles. The Labute approximate surface area is 98.5 Å². The second-order valence-electron chi connectivity index (χ2n) is 4.96. The van der Waals surface area contributed by atoms with Crippen molar-refractivity contribution in [3.63, 3.8) is 0 Å². The van der Waals surface area contributed by atoms with Crippen LogP contribution in [0.3, 0.4) is 0 Å². The van der Waals surface area contributed by atoms with E-state index >= 15 is 0 Å². The van der Waals surface area contributed by atoms with Crippen LogP contribution >= 0.6 is 0 Å². The Morgan fingerprint density at radius 1 is 1.50 bits per heavy atom. The maximum atomic E-state index is 4.17. The molecule has 0 aliphatic heterocycles. The van der Waals surface area contributed by atoms with Gasteiger partial charge in [0.15, 0.2) is 0 Å². The molecule has 2 rings (SSSR count). The molecule has 2 nitrogen and oxygen atoms in total. The molecule has 1 aromatic rings. The number of pyridine rings is 1. The van der Waals surface area contributed by atoms with Crippen molar-refractivity contribution < 1.29 is 0 Å². The van der Waals surface area contributed by atoms with E-state index in [0.29, 0.717) is 12.1 Å². The first-order valence-electron chi connectivity index (χ1n) is 6.45. The Balaban J connectivity index is 1.86. The van der Waals surface area contributed by atoms with Gasteiger partial charge in [0.25, 0.3) is 0 Å². The van der Waals surface area contributed by atoms with Crippen LogP contribution in [0.15, 0.2) is 24.5 Å². The van der Waals surface area contributed by atoms with Crippen LogP contribution in [-0.4, -0.2) is 11.0 Å². The Morgan fingerprint density at radius 2 is 2.38 bits per heavy atom. The third-order valence-corrected chi connectivity index (χ3v) is 3.79. The number of nitrogens with one attached hydrogen (secondary N) is 1. The molecule has 0 amide bonds. The summed E-state index contributed by atoms with van der Waals surface area (Å²) < 4.78 is 0. The van der Waals surface area contributed by atoms with Crippen LogP contribution in [0.2, 0.25) is 0 Å². The smallest absolute Gasteiger partial charge is 0.0315 e. The van der Waals surface area contributed by atoms with E-state index < -0.39 is 0 Å². The van der Waals surface area contributed by atoms with E-state index in [0.717, 1.165) is 5.92 Å². The van der Waals surface area contributed by atoms with Crippen molar-refractivity contribution in [2.75, 3.05) is 0 Å². The van der Waals surface area contributed by atoms with Gasteiger partial charge in [-0.25, -0.2) is 0 Å². The Bertz CT molecular complexity index is 310. The minimum Gasteiger partial charge on any atom is -0.307 e. The fraction of sp³-hybridized carbons (Fsp3) is 0.643. The molecule has 0 spiro atoms. The number of hydrogen-bond acceptors (Lipinski definition) is 2. The van der Waals surface area contributed by atoms with Crippen molar-refractivity contribution in [3.8, 4) is 0 Å².